The summed E-state index contributed by atoms with van der Waals surface area (Å²) in [5, 5.41) is 8.83. The van der Waals surface area contributed by atoms with E-state index in [-0.39, 0.29) is 5.91 Å². The number of hydrogen-bond donors (Lipinski definition) is 0. The summed E-state index contributed by atoms with van der Waals surface area (Å²) in [6.45, 7) is 2.35. The quantitative estimate of drug-likeness (QED) is 0.664. The monoisotopic (exact) mass is 382 g/mol. The van der Waals surface area contributed by atoms with Gasteiger partial charge in [0.15, 0.2) is 17.6 Å². The first-order valence-electron chi connectivity index (χ1n) is 9.11. The largest absolute Gasteiger partial charge is 0.493 e. The van der Waals surface area contributed by atoms with Crippen LogP contribution in [-0.2, 0) is 11.2 Å². The van der Waals surface area contributed by atoms with E-state index in [9.17, 15) is 4.79 Å². The van der Waals surface area contributed by atoms with Gasteiger partial charge in [-0.15, -0.1) is 0 Å². The van der Waals surface area contributed by atoms with Gasteiger partial charge in [0.25, 0.3) is 5.91 Å². The van der Waals surface area contributed by atoms with Crippen LogP contribution in [0.25, 0.3) is 0 Å². The van der Waals surface area contributed by atoms with E-state index in [0.29, 0.717) is 29.4 Å². The number of ether oxygens (including phenoxy) is 3. The predicted octanol–water partition coefficient (Wildman–Crippen LogP) is 3.43. The lowest BCUT2D eigenvalue weighted by Crippen LogP contribution is -2.38. The van der Waals surface area contributed by atoms with Gasteiger partial charge in [0, 0.05) is 13.6 Å². The SMILES string of the molecule is COc1ccc(CCCN(C)C(=O)[C@H](C)Oc2ccc(C#N)cc2)cc1OC. The van der Waals surface area contributed by atoms with Gasteiger partial charge in [0.1, 0.15) is 5.75 Å². The average molecular weight is 382 g/mol. The van der Waals surface area contributed by atoms with Crippen LogP contribution in [0.4, 0.5) is 0 Å². The standard InChI is InChI=1S/C22H26N2O4/c1-16(28-19-10-7-18(15-23)8-11-19)22(25)24(2)13-5-6-17-9-12-20(26-3)21(14-17)27-4/h7-12,14,16H,5-6,13H2,1-4H3/t16-/m0/s1. The molecule has 0 heterocycles. The Kier molecular flexibility index (Phi) is 7.70. The summed E-state index contributed by atoms with van der Waals surface area (Å²) < 4.78 is 16.3. The molecule has 6 heteroatoms. The topological polar surface area (TPSA) is 71.8 Å². The number of benzene rings is 2. The molecule has 0 spiro atoms. The van der Waals surface area contributed by atoms with Crippen LogP contribution >= 0.6 is 0 Å². The first-order valence-corrected chi connectivity index (χ1v) is 9.11. The lowest BCUT2D eigenvalue weighted by molar-refractivity contribution is -0.136. The molecule has 0 unspecified atom stereocenters. The fraction of sp³-hybridized carbons (Fsp3) is 0.364. The van der Waals surface area contributed by atoms with Crippen LogP contribution in [0.1, 0.15) is 24.5 Å². The first kappa shape index (κ1) is 21.1. The van der Waals surface area contributed by atoms with Gasteiger partial charge in [-0.1, -0.05) is 6.07 Å². The van der Waals surface area contributed by atoms with Crippen molar-refractivity contribution in [1.29, 1.82) is 5.26 Å². The normalized spacial score (nSPS) is 11.2. The second kappa shape index (κ2) is 10.2. The van der Waals surface area contributed by atoms with Crippen LogP contribution < -0.4 is 14.2 Å². The molecule has 0 saturated heterocycles. The number of carbonyl (C=O) groups excluding carboxylic acids is 1. The minimum atomic E-state index is -0.598. The van der Waals surface area contributed by atoms with Crippen LogP contribution in [-0.4, -0.2) is 44.7 Å². The van der Waals surface area contributed by atoms with Gasteiger partial charge >= 0.3 is 0 Å². The number of methoxy groups -OCH3 is 2. The number of carbonyl (C=O) groups is 1. The molecular formula is C22H26N2O4. The van der Waals surface area contributed by atoms with Gasteiger partial charge < -0.3 is 19.1 Å². The number of hydrogen-bond acceptors (Lipinski definition) is 5. The van der Waals surface area contributed by atoms with Crippen molar-refractivity contribution in [2.75, 3.05) is 27.8 Å². The van der Waals surface area contributed by atoms with Gasteiger partial charge in [0.05, 0.1) is 25.9 Å². The molecule has 148 valence electrons. The Balaban J connectivity index is 1.83. The van der Waals surface area contributed by atoms with Crippen LogP contribution in [0.5, 0.6) is 17.2 Å². The molecule has 0 aromatic heterocycles. The van der Waals surface area contributed by atoms with E-state index in [4.69, 9.17) is 19.5 Å². The summed E-state index contributed by atoms with van der Waals surface area (Å²) in [7, 11) is 5.00. The molecule has 0 radical (unpaired) electrons. The van der Waals surface area contributed by atoms with Crippen molar-refractivity contribution in [1.82, 2.24) is 4.90 Å². The molecule has 2 aromatic carbocycles. The number of nitriles is 1. The minimum absolute atomic E-state index is 0.0864. The zero-order valence-electron chi connectivity index (χ0n) is 16.8. The third-order valence-corrected chi connectivity index (χ3v) is 4.43. The molecule has 6 nitrogen and oxygen atoms in total. The molecule has 0 fully saturated rings. The summed E-state index contributed by atoms with van der Waals surface area (Å²) in [4.78, 5) is 14.2. The Bertz CT molecular complexity index is 827. The van der Waals surface area contributed by atoms with Crippen molar-refractivity contribution >= 4 is 5.91 Å². The van der Waals surface area contributed by atoms with E-state index < -0.39 is 6.10 Å². The molecular weight excluding hydrogens is 356 g/mol. The Morgan fingerprint density at radius 3 is 2.39 bits per heavy atom. The molecule has 0 aliphatic carbocycles. The number of aryl methyl sites for hydroxylation is 1. The fourth-order valence-electron chi connectivity index (χ4n) is 2.84. The van der Waals surface area contributed by atoms with Crippen molar-refractivity contribution in [3.05, 3.63) is 53.6 Å². The highest BCUT2D eigenvalue weighted by molar-refractivity contribution is 5.80. The average Bonchev–Trinajstić information content (AvgIpc) is 2.73. The fourth-order valence-corrected chi connectivity index (χ4v) is 2.84. The van der Waals surface area contributed by atoms with Crippen LogP contribution in [0.3, 0.4) is 0 Å². The molecule has 0 saturated carbocycles. The third-order valence-electron chi connectivity index (χ3n) is 4.43. The summed E-state index contributed by atoms with van der Waals surface area (Å²) >= 11 is 0. The van der Waals surface area contributed by atoms with Crippen molar-refractivity contribution in [2.24, 2.45) is 0 Å². The maximum Gasteiger partial charge on any atom is 0.263 e. The van der Waals surface area contributed by atoms with Gasteiger partial charge in [-0.2, -0.15) is 5.26 Å². The molecule has 1 atom stereocenters. The van der Waals surface area contributed by atoms with E-state index in [1.807, 2.05) is 18.2 Å². The van der Waals surface area contributed by atoms with E-state index in [2.05, 4.69) is 6.07 Å². The van der Waals surface area contributed by atoms with E-state index >= 15 is 0 Å². The zero-order valence-corrected chi connectivity index (χ0v) is 16.8. The number of likely N-dealkylation sites (N-methyl/N-ethyl adjacent to an activating group) is 1. The third kappa shape index (κ3) is 5.65. The Morgan fingerprint density at radius 2 is 1.79 bits per heavy atom. The second-order valence-corrected chi connectivity index (χ2v) is 6.45. The maximum atomic E-state index is 12.5. The first-order chi connectivity index (χ1) is 13.5. The van der Waals surface area contributed by atoms with Crippen LogP contribution in [0, 0.1) is 11.3 Å². The highest BCUT2D eigenvalue weighted by Gasteiger charge is 2.19. The molecule has 2 aromatic rings. The minimum Gasteiger partial charge on any atom is -0.493 e. The lowest BCUT2D eigenvalue weighted by atomic mass is 10.1. The van der Waals surface area contributed by atoms with Crippen molar-refractivity contribution in [2.45, 2.75) is 25.9 Å². The van der Waals surface area contributed by atoms with E-state index in [1.165, 1.54) is 0 Å². The molecule has 2 rings (SSSR count). The number of nitrogens with zero attached hydrogens (tertiary/aromatic N) is 2. The highest BCUT2D eigenvalue weighted by atomic mass is 16.5. The lowest BCUT2D eigenvalue weighted by Gasteiger charge is -2.22. The van der Waals surface area contributed by atoms with E-state index in [1.54, 1.807) is 57.4 Å². The molecule has 0 bridgehead atoms. The summed E-state index contributed by atoms with van der Waals surface area (Å²) in [6, 6.07) is 14.6. The Morgan fingerprint density at radius 1 is 1.11 bits per heavy atom. The van der Waals surface area contributed by atoms with Gasteiger partial charge in [0.2, 0.25) is 0 Å². The zero-order chi connectivity index (χ0) is 20.5. The Hall–Kier alpha value is -3.20. The van der Waals surface area contributed by atoms with E-state index in [0.717, 1.165) is 18.4 Å². The van der Waals surface area contributed by atoms with Gasteiger partial charge in [-0.25, -0.2) is 0 Å². The van der Waals surface area contributed by atoms with Crippen molar-refractivity contribution in [3.63, 3.8) is 0 Å². The molecule has 28 heavy (non-hydrogen) atoms. The number of amides is 1. The molecule has 1 amide bonds. The molecule has 0 aliphatic heterocycles. The summed E-state index contributed by atoms with van der Waals surface area (Å²) in [6.07, 6.45) is 1.04. The van der Waals surface area contributed by atoms with Crippen LogP contribution in [0.2, 0.25) is 0 Å². The predicted molar refractivity (Wildman–Crippen MR) is 107 cm³/mol. The van der Waals surface area contributed by atoms with Crippen LogP contribution in [0.15, 0.2) is 42.5 Å². The smallest absolute Gasteiger partial charge is 0.263 e. The van der Waals surface area contributed by atoms with Crippen molar-refractivity contribution < 1.29 is 19.0 Å². The van der Waals surface area contributed by atoms with Gasteiger partial charge in [-0.05, 0) is 61.7 Å². The second-order valence-electron chi connectivity index (χ2n) is 6.45. The van der Waals surface area contributed by atoms with Gasteiger partial charge in [-0.3, -0.25) is 4.79 Å². The van der Waals surface area contributed by atoms with Crippen molar-refractivity contribution in [3.8, 4) is 23.3 Å². The Labute approximate surface area is 166 Å². The number of rotatable bonds is 9. The summed E-state index contributed by atoms with van der Waals surface area (Å²) in [5.41, 5.74) is 1.68. The molecule has 0 aliphatic rings. The maximum absolute atomic E-state index is 12.5. The highest BCUT2D eigenvalue weighted by Crippen LogP contribution is 2.28. The summed E-state index contributed by atoms with van der Waals surface area (Å²) in [5.74, 6) is 1.89. The molecule has 0 N–H and O–H groups in total.